The first-order chi connectivity index (χ1) is 11.5. The number of hydrogen-bond donors (Lipinski definition) is 1. The molecule has 130 valence electrons. The fourth-order valence-corrected chi connectivity index (χ4v) is 3.59. The normalized spacial score (nSPS) is 26.6. The van der Waals surface area contributed by atoms with Crippen molar-refractivity contribution in [1.82, 2.24) is 4.90 Å². The first-order valence-corrected chi connectivity index (χ1v) is 8.84. The first-order valence-electron chi connectivity index (χ1n) is 8.09. The highest BCUT2D eigenvalue weighted by Crippen LogP contribution is 2.36. The highest BCUT2D eigenvalue weighted by molar-refractivity contribution is 6.42. The third-order valence-corrected chi connectivity index (χ3v) is 5.53. The Labute approximate surface area is 150 Å². The molecule has 1 saturated carbocycles. The highest BCUT2D eigenvalue weighted by Gasteiger charge is 2.43. The third kappa shape index (κ3) is 3.62. The van der Waals surface area contributed by atoms with Crippen LogP contribution in [-0.2, 0) is 9.59 Å². The molecule has 1 aliphatic carbocycles. The van der Waals surface area contributed by atoms with E-state index >= 15 is 0 Å². The fraction of sp³-hybridized carbons (Fsp3) is 0.529. The summed E-state index contributed by atoms with van der Waals surface area (Å²) in [6.07, 6.45) is 2.80. The van der Waals surface area contributed by atoms with E-state index in [0.29, 0.717) is 41.7 Å². The van der Waals surface area contributed by atoms with Crippen LogP contribution in [-0.4, -0.2) is 41.1 Å². The molecule has 1 heterocycles. The molecular weight excluding hydrogens is 353 g/mol. The average molecular weight is 372 g/mol. The minimum atomic E-state index is -0.875. The molecule has 3 unspecified atom stereocenters. The third-order valence-electron chi connectivity index (χ3n) is 4.79. The number of hydrogen-bond acceptors (Lipinski definition) is 3. The Bertz CT molecular complexity index is 651. The number of carbonyl (C=O) groups excluding carboxylic acids is 1. The molecule has 1 aromatic rings. The number of benzene rings is 1. The lowest BCUT2D eigenvalue weighted by Crippen LogP contribution is -2.51. The van der Waals surface area contributed by atoms with Gasteiger partial charge in [-0.05, 0) is 37.8 Å². The van der Waals surface area contributed by atoms with Crippen molar-refractivity contribution in [2.45, 2.75) is 31.8 Å². The molecule has 2 aliphatic rings. The van der Waals surface area contributed by atoms with E-state index in [1.54, 1.807) is 23.1 Å². The highest BCUT2D eigenvalue weighted by atomic mass is 35.5. The second-order valence-corrected chi connectivity index (χ2v) is 7.19. The van der Waals surface area contributed by atoms with E-state index < -0.39 is 11.9 Å². The van der Waals surface area contributed by atoms with E-state index in [2.05, 4.69) is 0 Å². The maximum absolute atomic E-state index is 12.6. The van der Waals surface area contributed by atoms with Gasteiger partial charge < -0.3 is 14.7 Å². The van der Waals surface area contributed by atoms with E-state index in [4.69, 9.17) is 33.0 Å². The zero-order valence-electron chi connectivity index (χ0n) is 13.1. The first kappa shape index (κ1) is 17.4. The summed E-state index contributed by atoms with van der Waals surface area (Å²) < 4.78 is 5.92. The second-order valence-electron chi connectivity index (χ2n) is 6.37. The number of carboxylic acid groups (broad SMARTS) is 1. The molecule has 3 rings (SSSR count). The van der Waals surface area contributed by atoms with Crippen molar-refractivity contribution in [2.24, 2.45) is 11.8 Å². The molecule has 2 fully saturated rings. The maximum Gasteiger partial charge on any atom is 0.307 e. The summed E-state index contributed by atoms with van der Waals surface area (Å²) in [4.78, 5) is 25.4. The Morgan fingerprint density at radius 1 is 1.12 bits per heavy atom. The van der Waals surface area contributed by atoms with Crippen LogP contribution in [0.3, 0.4) is 0 Å². The second kappa shape index (κ2) is 7.19. The summed E-state index contributed by atoms with van der Waals surface area (Å²) in [5, 5.41) is 10.0. The monoisotopic (exact) mass is 371 g/mol. The van der Waals surface area contributed by atoms with Crippen LogP contribution in [0, 0.1) is 11.8 Å². The van der Waals surface area contributed by atoms with Gasteiger partial charge in [0.1, 0.15) is 11.9 Å². The number of likely N-dealkylation sites (tertiary alicyclic amines) is 1. The number of aliphatic carboxylic acids is 1. The van der Waals surface area contributed by atoms with E-state index in [1.807, 2.05) is 0 Å². The molecule has 1 N–H and O–H groups in total. The lowest BCUT2D eigenvalue weighted by atomic mass is 9.72. The molecule has 0 bridgehead atoms. The number of carboxylic acids is 1. The Balaban J connectivity index is 1.60. The SMILES string of the molecule is O=C(O)C1CCC1C(=O)N1CCCC(Oc2ccc(Cl)c(Cl)c2)C1. The number of carbonyl (C=O) groups is 2. The smallest absolute Gasteiger partial charge is 0.307 e. The minimum absolute atomic E-state index is 0.0592. The van der Waals surface area contributed by atoms with E-state index in [0.717, 1.165) is 12.8 Å². The lowest BCUT2D eigenvalue weighted by Gasteiger charge is -2.39. The van der Waals surface area contributed by atoms with Crippen LogP contribution in [0.1, 0.15) is 25.7 Å². The summed E-state index contributed by atoms with van der Waals surface area (Å²) in [5.74, 6) is -1.23. The minimum Gasteiger partial charge on any atom is -0.489 e. The summed E-state index contributed by atoms with van der Waals surface area (Å²) in [7, 11) is 0. The predicted molar refractivity (Wildman–Crippen MR) is 90.5 cm³/mol. The number of halogens is 2. The van der Waals surface area contributed by atoms with Crippen molar-refractivity contribution < 1.29 is 19.4 Å². The Kier molecular flexibility index (Phi) is 5.21. The molecule has 1 saturated heterocycles. The predicted octanol–water partition coefficient (Wildman–Crippen LogP) is 3.47. The van der Waals surface area contributed by atoms with Gasteiger partial charge in [-0.1, -0.05) is 23.2 Å². The van der Waals surface area contributed by atoms with Crippen molar-refractivity contribution in [3.8, 4) is 5.75 Å². The average Bonchev–Trinajstić information content (AvgIpc) is 2.49. The van der Waals surface area contributed by atoms with Crippen LogP contribution in [0.4, 0.5) is 0 Å². The standard InChI is InChI=1S/C17H19Cl2NO4/c18-14-6-3-10(8-15(14)19)24-11-2-1-7-20(9-11)16(21)12-4-5-13(12)17(22)23/h3,6,8,11-13H,1-2,4-5,7,9H2,(H,22,23). The van der Waals surface area contributed by atoms with Crippen LogP contribution in [0.5, 0.6) is 5.75 Å². The van der Waals surface area contributed by atoms with Crippen molar-refractivity contribution in [3.05, 3.63) is 28.2 Å². The molecule has 3 atom stereocenters. The number of amides is 1. The summed E-state index contributed by atoms with van der Waals surface area (Å²) in [6, 6.07) is 5.09. The van der Waals surface area contributed by atoms with Gasteiger partial charge in [0.15, 0.2) is 0 Å². The molecule has 1 aliphatic heterocycles. The van der Waals surface area contributed by atoms with Crippen LogP contribution >= 0.6 is 23.2 Å². The molecule has 7 heteroatoms. The van der Waals surface area contributed by atoms with Gasteiger partial charge in [-0.2, -0.15) is 0 Å². The molecule has 1 aromatic carbocycles. The lowest BCUT2D eigenvalue weighted by molar-refractivity contribution is -0.157. The Morgan fingerprint density at radius 3 is 2.50 bits per heavy atom. The molecule has 0 aromatic heterocycles. The molecular formula is C17H19Cl2NO4. The zero-order valence-corrected chi connectivity index (χ0v) is 14.6. The van der Waals surface area contributed by atoms with E-state index in [-0.39, 0.29) is 17.9 Å². The van der Waals surface area contributed by atoms with Crippen LogP contribution < -0.4 is 4.74 Å². The van der Waals surface area contributed by atoms with Crippen molar-refractivity contribution >= 4 is 35.1 Å². The van der Waals surface area contributed by atoms with Crippen molar-refractivity contribution in [2.75, 3.05) is 13.1 Å². The van der Waals surface area contributed by atoms with Gasteiger partial charge in [0.2, 0.25) is 5.91 Å². The van der Waals surface area contributed by atoms with Crippen LogP contribution in [0.15, 0.2) is 18.2 Å². The van der Waals surface area contributed by atoms with E-state index in [1.165, 1.54) is 0 Å². The van der Waals surface area contributed by atoms with Gasteiger partial charge in [0, 0.05) is 12.6 Å². The largest absolute Gasteiger partial charge is 0.489 e. The van der Waals surface area contributed by atoms with Gasteiger partial charge in [-0.3, -0.25) is 9.59 Å². The number of piperidine rings is 1. The van der Waals surface area contributed by atoms with Gasteiger partial charge in [-0.15, -0.1) is 0 Å². The Morgan fingerprint density at radius 2 is 1.88 bits per heavy atom. The van der Waals surface area contributed by atoms with E-state index in [9.17, 15) is 9.59 Å². The number of nitrogens with zero attached hydrogens (tertiary/aromatic N) is 1. The number of rotatable bonds is 4. The zero-order chi connectivity index (χ0) is 17.3. The maximum atomic E-state index is 12.6. The summed E-state index contributed by atoms with van der Waals surface area (Å²) in [6.45, 7) is 1.13. The van der Waals surface area contributed by atoms with Gasteiger partial charge in [0.25, 0.3) is 0 Å². The van der Waals surface area contributed by atoms with Crippen molar-refractivity contribution in [3.63, 3.8) is 0 Å². The van der Waals surface area contributed by atoms with Crippen molar-refractivity contribution in [1.29, 1.82) is 0 Å². The molecule has 5 nitrogen and oxygen atoms in total. The van der Waals surface area contributed by atoms with Crippen LogP contribution in [0.25, 0.3) is 0 Å². The van der Waals surface area contributed by atoms with Gasteiger partial charge in [0.05, 0.1) is 28.4 Å². The topological polar surface area (TPSA) is 66.8 Å². The quantitative estimate of drug-likeness (QED) is 0.879. The number of ether oxygens (including phenoxy) is 1. The van der Waals surface area contributed by atoms with Gasteiger partial charge in [-0.25, -0.2) is 0 Å². The Hall–Kier alpha value is -1.46. The summed E-state index contributed by atoms with van der Waals surface area (Å²) in [5.41, 5.74) is 0. The van der Waals surface area contributed by atoms with Crippen LogP contribution in [0.2, 0.25) is 10.0 Å². The molecule has 0 radical (unpaired) electrons. The molecule has 24 heavy (non-hydrogen) atoms. The molecule has 1 amide bonds. The summed E-state index contributed by atoms with van der Waals surface area (Å²) >= 11 is 11.9. The fourth-order valence-electron chi connectivity index (χ4n) is 3.30. The van der Waals surface area contributed by atoms with Gasteiger partial charge >= 0.3 is 5.97 Å². The molecule has 0 spiro atoms.